The van der Waals surface area contributed by atoms with Crippen LogP contribution in [0.15, 0.2) is 60.8 Å². The molecule has 0 N–H and O–H groups in total. The number of pyridine rings is 1. The number of aryl methyl sites for hydroxylation is 3. The molecule has 1 fully saturated rings. The summed E-state index contributed by atoms with van der Waals surface area (Å²) >= 11 is -0.750. The minimum Gasteiger partial charge on any atom is -0.381 e. The molecule has 8 nitrogen and oxygen atoms in total. The van der Waals surface area contributed by atoms with Gasteiger partial charge in [0.05, 0.1) is 34.0 Å². The lowest BCUT2D eigenvalue weighted by atomic mass is 9.86. The molecule has 0 aliphatic carbocycles. The average molecular weight is 516 g/mol. The van der Waals surface area contributed by atoms with Gasteiger partial charge in [-0.1, -0.05) is 41.6 Å². The summed E-state index contributed by atoms with van der Waals surface area (Å²) in [4.78, 5) is 4.90. The molecule has 3 aromatic heterocycles. The van der Waals surface area contributed by atoms with Crippen LogP contribution in [0.4, 0.5) is 0 Å². The lowest BCUT2D eigenvalue weighted by molar-refractivity contribution is 0.0553. The minimum absolute atomic E-state index is 0.203. The second-order valence-corrected chi connectivity index (χ2v) is 9.64. The van der Waals surface area contributed by atoms with Crippen LogP contribution < -0.4 is 0 Å². The van der Waals surface area contributed by atoms with E-state index >= 15 is 0 Å². The number of ether oxygens (including phenoxy) is 1. The van der Waals surface area contributed by atoms with Crippen LogP contribution in [-0.4, -0.2) is 46.2 Å². The van der Waals surface area contributed by atoms with Crippen molar-refractivity contribution >= 4 is 33.5 Å². The number of rotatable bonds is 4. The fourth-order valence-electron chi connectivity index (χ4n) is 5.62. The van der Waals surface area contributed by atoms with E-state index in [4.69, 9.17) is 18.1 Å². The van der Waals surface area contributed by atoms with E-state index in [0.717, 1.165) is 48.5 Å². The van der Waals surface area contributed by atoms with Crippen LogP contribution in [0.1, 0.15) is 35.7 Å². The first kappa shape index (κ1) is 25.0. The molecule has 0 radical (unpaired) electrons. The summed E-state index contributed by atoms with van der Waals surface area (Å²) in [6, 6.07) is 20.1. The fraction of sp³-hybridized carbons (Fsp3) is 0.321. The smallest absolute Gasteiger partial charge is 0.335 e. The van der Waals surface area contributed by atoms with Gasteiger partial charge in [-0.05, 0) is 61.9 Å². The van der Waals surface area contributed by atoms with Gasteiger partial charge >= 0.3 is 11.6 Å². The van der Waals surface area contributed by atoms with Crippen LogP contribution in [0.5, 0.6) is 0 Å². The van der Waals surface area contributed by atoms with Gasteiger partial charge in [-0.15, -0.1) is 5.10 Å². The maximum atomic E-state index is 8.29. The molecule has 1 aliphatic heterocycles. The third kappa shape index (κ3) is 4.72. The van der Waals surface area contributed by atoms with Crippen molar-refractivity contribution in [2.45, 2.75) is 32.7 Å². The zero-order valence-corrected chi connectivity index (χ0v) is 21.9. The zero-order valence-electron chi connectivity index (χ0n) is 21.1. The maximum absolute atomic E-state index is 8.29. The molecule has 1 saturated heterocycles. The lowest BCUT2D eigenvalue weighted by Gasteiger charge is -2.33. The predicted octanol–water partition coefficient (Wildman–Crippen LogP) is 4.95. The summed E-state index contributed by atoms with van der Waals surface area (Å²) in [6.07, 6.45) is 4.07. The van der Waals surface area contributed by atoms with E-state index in [1.165, 1.54) is 27.5 Å². The first-order valence-corrected chi connectivity index (χ1v) is 13.0. The Bertz CT molecular complexity index is 1560. The van der Waals surface area contributed by atoms with E-state index in [9.17, 15) is 0 Å². The molecule has 1 aliphatic rings. The third-order valence-electron chi connectivity index (χ3n) is 7.18. The van der Waals surface area contributed by atoms with Gasteiger partial charge in [0.2, 0.25) is 0 Å². The van der Waals surface area contributed by atoms with Crippen molar-refractivity contribution in [1.29, 1.82) is 0 Å². The summed E-state index contributed by atoms with van der Waals surface area (Å²) in [6.45, 7) is 5.76. The standard InChI is InChI=1S/C28H29N5O.O2S/c1-18-15-25-26(29-17-18)23-10-9-22(27-19(2)30-31-32(27)3)16-24(23)33(25)28(20-7-5-4-6-8-20)21-11-13-34-14-12-21;1-3-2/h4-10,15-17,21,28H,11-14H2,1-3H3;/t28-;/m1./s1. The van der Waals surface area contributed by atoms with Crippen LogP contribution >= 0.6 is 0 Å². The maximum Gasteiger partial charge on any atom is 0.335 e. The van der Waals surface area contributed by atoms with Crippen molar-refractivity contribution in [2.24, 2.45) is 13.0 Å². The highest BCUT2D eigenvalue weighted by atomic mass is 32.1. The van der Waals surface area contributed by atoms with Crippen LogP contribution in [0.3, 0.4) is 0 Å². The Morgan fingerprint density at radius 1 is 1.00 bits per heavy atom. The number of benzene rings is 2. The van der Waals surface area contributed by atoms with Gasteiger partial charge in [-0.25, -0.2) is 4.68 Å². The molecular weight excluding hydrogens is 486 g/mol. The van der Waals surface area contributed by atoms with Crippen molar-refractivity contribution in [3.8, 4) is 11.3 Å². The van der Waals surface area contributed by atoms with E-state index in [-0.39, 0.29) is 6.04 Å². The van der Waals surface area contributed by atoms with Crippen molar-refractivity contribution in [1.82, 2.24) is 24.5 Å². The molecule has 9 heteroatoms. The normalized spacial score (nSPS) is 14.9. The highest BCUT2D eigenvalue weighted by molar-refractivity contribution is 7.51. The zero-order chi connectivity index (χ0) is 25.9. The SMILES string of the molecule is Cc1cnc2c3ccc(-c4c(C)nnn4C)cc3n([C@H](c3ccccc3)C3CCOCC3)c2c1.O=S=O. The van der Waals surface area contributed by atoms with Crippen LogP contribution in [-0.2, 0) is 23.4 Å². The molecule has 37 heavy (non-hydrogen) atoms. The largest absolute Gasteiger partial charge is 0.381 e. The van der Waals surface area contributed by atoms with Crippen molar-refractivity contribution in [3.05, 3.63) is 77.6 Å². The first-order chi connectivity index (χ1) is 18.0. The number of aromatic nitrogens is 5. The van der Waals surface area contributed by atoms with Crippen LogP contribution in [0.2, 0.25) is 0 Å². The Balaban J connectivity index is 0.000000892. The van der Waals surface area contributed by atoms with E-state index in [1.807, 2.05) is 24.9 Å². The molecule has 0 bridgehead atoms. The van der Waals surface area contributed by atoms with Crippen LogP contribution in [0.25, 0.3) is 33.2 Å². The molecule has 4 heterocycles. The van der Waals surface area contributed by atoms with Crippen molar-refractivity contribution < 1.29 is 13.2 Å². The molecule has 6 rings (SSSR count). The number of fused-ring (bicyclic) bond motifs is 3. The lowest BCUT2D eigenvalue weighted by Crippen LogP contribution is -2.26. The van der Waals surface area contributed by atoms with Gasteiger partial charge < -0.3 is 9.30 Å². The molecule has 0 unspecified atom stereocenters. The van der Waals surface area contributed by atoms with E-state index in [1.54, 1.807) is 0 Å². The average Bonchev–Trinajstić information content (AvgIpc) is 3.41. The predicted molar refractivity (Wildman–Crippen MR) is 144 cm³/mol. The topological polar surface area (TPSA) is 91.9 Å². The molecule has 190 valence electrons. The van der Waals surface area contributed by atoms with E-state index in [2.05, 4.69) is 76.4 Å². The molecule has 1 atom stereocenters. The number of nitrogens with zero attached hydrogens (tertiary/aromatic N) is 5. The second kappa shape index (κ2) is 10.7. The second-order valence-electron chi connectivity index (χ2n) is 9.50. The van der Waals surface area contributed by atoms with Crippen molar-refractivity contribution in [3.63, 3.8) is 0 Å². The molecule has 5 aromatic rings. The van der Waals surface area contributed by atoms with Gasteiger partial charge in [-0.2, -0.15) is 8.42 Å². The van der Waals surface area contributed by atoms with Crippen LogP contribution in [0, 0.1) is 19.8 Å². The highest BCUT2D eigenvalue weighted by Crippen LogP contribution is 2.41. The van der Waals surface area contributed by atoms with Gasteiger partial charge in [0.1, 0.15) is 0 Å². The van der Waals surface area contributed by atoms with E-state index < -0.39 is 11.6 Å². The monoisotopic (exact) mass is 515 g/mol. The Morgan fingerprint density at radius 2 is 1.73 bits per heavy atom. The van der Waals surface area contributed by atoms with E-state index in [0.29, 0.717) is 5.92 Å². The summed E-state index contributed by atoms with van der Waals surface area (Å²) in [5.41, 5.74) is 9.05. The summed E-state index contributed by atoms with van der Waals surface area (Å²) in [5.74, 6) is 0.485. The van der Waals surface area contributed by atoms with Crippen molar-refractivity contribution in [2.75, 3.05) is 13.2 Å². The summed E-state index contributed by atoms with van der Waals surface area (Å²) in [7, 11) is 1.95. The van der Waals surface area contributed by atoms with Gasteiger partial charge in [-0.3, -0.25) is 4.98 Å². The summed E-state index contributed by atoms with van der Waals surface area (Å²) < 4.78 is 26.7. The summed E-state index contributed by atoms with van der Waals surface area (Å²) in [5, 5.41) is 9.70. The fourth-order valence-corrected chi connectivity index (χ4v) is 5.62. The number of hydrogen-bond donors (Lipinski definition) is 0. The molecule has 0 saturated carbocycles. The first-order valence-electron chi connectivity index (χ1n) is 12.3. The third-order valence-corrected chi connectivity index (χ3v) is 7.18. The van der Waals surface area contributed by atoms with Gasteiger partial charge in [0.15, 0.2) is 0 Å². The molecule has 0 spiro atoms. The molecular formula is C28H29N5O3S. The number of hydrogen-bond acceptors (Lipinski definition) is 6. The Kier molecular flexibility index (Phi) is 7.25. The Labute approximate surface area is 218 Å². The Hall–Kier alpha value is -3.69. The highest BCUT2D eigenvalue weighted by Gasteiger charge is 2.30. The van der Waals surface area contributed by atoms with Gasteiger partial charge in [0.25, 0.3) is 0 Å². The Morgan fingerprint density at radius 3 is 2.41 bits per heavy atom. The minimum atomic E-state index is -0.750. The quantitative estimate of drug-likeness (QED) is 0.336. The molecule has 0 amide bonds. The van der Waals surface area contributed by atoms with Gasteiger partial charge in [0, 0.05) is 37.4 Å². The molecule has 2 aromatic carbocycles.